The first-order valence-corrected chi connectivity index (χ1v) is 7.38. The lowest BCUT2D eigenvalue weighted by Gasteiger charge is -2.21. The number of nitrogens with one attached hydrogen (secondary N) is 3. The molecule has 3 atom stereocenters. The zero-order chi connectivity index (χ0) is 18.9. The van der Waals surface area contributed by atoms with E-state index in [1.165, 1.54) is 6.92 Å². The standard InChI is InChI=1S/C12H20N4O7S/c1-5(17)14-3-6(13)10(20)15-7(2-9(18)19)11(21)16-8(4-24)12(22)23/h6-8,24H,2-4,13H2,1H3,(H,14,17)(H,15,20)(H,16,21)(H,18,19)(H,22,23)/t6-,7-,8-/m0/s1. The van der Waals surface area contributed by atoms with Crippen LogP contribution < -0.4 is 21.7 Å². The second-order valence-corrected chi connectivity index (χ2v) is 5.15. The van der Waals surface area contributed by atoms with Crippen molar-refractivity contribution in [3.8, 4) is 0 Å². The summed E-state index contributed by atoms with van der Waals surface area (Å²) < 4.78 is 0. The number of aliphatic carboxylic acids is 2. The van der Waals surface area contributed by atoms with Crippen molar-refractivity contribution in [3.05, 3.63) is 0 Å². The van der Waals surface area contributed by atoms with Gasteiger partial charge in [-0.3, -0.25) is 19.2 Å². The largest absolute Gasteiger partial charge is 0.481 e. The fraction of sp³-hybridized carbons (Fsp3) is 0.583. The lowest BCUT2D eigenvalue weighted by Crippen LogP contribution is -2.56. The highest BCUT2D eigenvalue weighted by molar-refractivity contribution is 7.80. The molecule has 12 heteroatoms. The Balaban J connectivity index is 4.90. The molecule has 0 saturated carbocycles. The van der Waals surface area contributed by atoms with E-state index in [2.05, 4.69) is 28.6 Å². The number of hydrogen-bond donors (Lipinski definition) is 7. The quantitative estimate of drug-likeness (QED) is 0.198. The Morgan fingerprint density at radius 3 is 2.00 bits per heavy atom. The number of carboxylic acid groups (broad SMARTS) is 2. The van der Waals surface area contributed by atoms with Crippen molar-refractivity contribution in [2.24, 2.45) is 5.73 Å². The first-order valence-electron chi connectivity index (χ1n) is 6.74. The zero-order valence-electron chi connectivity index (χ0n) is 12.8. The maximum atomic E-state index is 12.0. The highest BCUT2D eigenvalue weighted by Gasteiger charge is 2.29. The summed E-state index contributed by atoms with van der Waals surface area (Å²) in [6, 6.07) is -4.08. The van der Waals surface area contributed by atoms with Gasteiger partial charge in [0.2, 0.25) is 17.7 Å². The molecule has 0 unspecified atom stereocenters. The summed E-state index contributed by atoms with van der Waals surface area (Å²) >= 11 is 3.76. The topological polar surface area (TPSA) is 188 Å². The van der Waals surface area contributed by atoms with Crippen molar-refractivity contribution in [3.63, 3.8) is 0 Å². The number of carbonyl (C=O) groups is 5. The van der Waals surface area contributed by atoms with E-state index in [0.29, 0.717) is 0 Å². The van der Waals surface area contributed by atoms with Crippen LogP contribution in [0.1, 0.15) is 13.3 Å². The minimum atomic E-state index is -1.53. The number of carboxylic acids is 2. The van der Waals surface area contributed by atoms with E-state index in [1.54, 1.807) is 0 Å². The van der Waals surface area contributed by atoms with Crippen LogP contribution in [-0.2, 0) is 24.0 Å². The van der Waals surface area contributed by atoms with Crippen LogP contribution in [0.4, 0.5) is 0 Å². The molecule has 0 aromatic rings. The Kier molecular flexibility index (Phi) is 9.42. The van der Waals surface area contributed by atoms with Crippen LogP contribution in [-0.4, -0.2) is 70.3 Å². The SMILES string of the molecule is CC(=O)NC[C@H](N)C(=O)N[C@@H](CC(=O)O)C(=O)N[C@@H](CS)C(=O)O. The van der Waals surface area contributed by atoms with Gasteiger partial charge in [0.25, 0.3) is 0 Å². The Hall–Kier alpha value is -2.34. The minimum absolute atomic E-state index is 0.211. The Morgan fingerprint density at radius 1 is 1.04 bits per heavy atom. The van der Waals surface area contributed by atoms with Crippen molar-refractivity contribution < 1.29 is 34.2 Å². The van der Waals surface area contributed by atoms with Crippen LogP contribution in [0, 0.1) is 0 Å². The molecule has 0 aliphatic rings. The predicted molar refractivity (Wildman–Crippen MR) is 84.3 cm³/mol. The van der Waals surface area contributed by atoms with Crippen LogP contribution in [0.3, 0.4) is 0 Å². The first kappa shape index (κ1) is 21.7. The molecule has 7 N–H and O–H groups in total. The van der Waals surface area contributed by atoms with Crippen molar-refractivity contribution in [1.29, 1.82) is 0 Å². The van der Waals surface area contributed by atoms with Gasteiger partial charge in [-0.05, 0) is 0 Å². The molecule has 0 rings (SSSR count). The number of carbonyl (C=O) groups excluding carboxylic acids is 3. The third kappa shape index (κ3) is 8.33. The van der Waals surface area contributed by atoms with Crippen LogP contribution in [0.5, 0.6) is 0 Å². The molecular weight excluding hydrogens is 344 g/mol. The molecule has 0 aliphatic carbocycles. The summed E-state index contributed by atoms with van der Waals surface area (Å²) in [7, 11) is 0. The number of amides is 3. The van der Waals surface area contributed by atoms with Gasteiger partial charge in [-0.1, -0.05) is 0 Å². The van der Waals surface area contributed by atoms with Crippen LogP contribution >= 0.6 is 12.6 Å². The molecule has 11 nitrogen and oxygen atoms in total. The summed E-state index contributed by atoms with van der Waals surface area (Å²) in [6.45, 7) is 1.01. The number of thiol groups is 1. The van der Waals surface area contributed by atoms with Crippen LogP contribution in [0.15, 0.2) is 0 Å². The molecule has 0 saturated heterocycles. The third-order valence-electron chi connectivity index (χ3n) is 2.72. The maximum Gasteiger partial charge on any atom is 0.327 e. The van der Waals surface area contributed by atoms with Crippen molar-refractivity contribution in [1.82, 2.24) is 16.0 Å². The summed E-state index contributed by atoms with van der Waals surface area (Å²) in [5.41, 5.74) is 5.51. The highest BCUT2D eigenvalue weighted by Crippen LogP contribution is 1.97. The van der Waals surface area contributed by atoms with Gasteiger partial charge in [-0.25, -0.2) is 4.79 Å². The summed E-state index contributed by atoms with van der Waals surface area (Å²) in [5, 5.41) is 24.1. The fourth-order valence-electron chi connectivity index (χ4n) is 1.47. The van der Waals surface area contributed by atoms with E-state index in [9.17, 15) is 24.0 Å². The molecule has 0 aromatic heterocycles. The Bertz CT molecular complexity index is 514. The second-order valence-electron chi connectivity index (χ2n) is 4.78. The number of nitrogens with two attached hydrogens (primary N) is 1. The lowest BCUT2D eigenvalue weighted by molar-refractivity contribution is -0.143. The lowest BCUT2D eigenvalue weighted by atomic mass is 10.1. The normalized spacial score (nSPS) is 14.0. The van der Waals surface area contributed by atoms with Crippen LogP contribution in [0.25, 0.3) is 0 Å². The number of hydrogen-bond acceptors (Lipinski definition) is 7. The maximum absolute atomic E-state index is 12.0. The van der Waals surface area contributed by atoms with Gasteiger partial charge < -0.3 is 31.9 Å². The average Bonchev–Trinajstić information content (AvgIpc) is 2.48. The first-order chi connectivity index (χ1) is 11.1. The molecule has 0 aromatic carbocycles. The molecule has 0 spiro atoms. The van der Waals surface area contributed by atoms with Gasteiger partial charge in [0.15, 0.2) is 0 Å². The smallest absolute Gasteiger partial charge is 0.327 e. The van der Waals surface area contributed by atoms with Crippen molar-refractivity contribution in [2.75, 3.05) is 12.3 Å². The second kappa shape index (κ2) is 10.4. The van der Waals surface area contributed by atoms with E-state index in [-0.39, 0.29) is 12.3 Å². The van der Waals surface area contributed by atoms with Gasteiger partial charge >= 0.3 is 11.9 Å². The molecule has 0 fully saturated rings. The summed E-state index contributed by atoms with van der Waals surface area (Å²) in [4.78, 5) is 56.3. The summed E-state index contributed by atoms with van der Waals surface area (Å²) in [6.07, 6.45) is -0.774. The van der Waals surface area contributed by atoms with E-state index in [0.717, 1.165) is 0 Å². The molecule has 0 radical (unpaired) electrons. The van der Waals surface area contributed by atoms with Crippen molar-refractivity contribution >= 4 is 42.3 Å². The van der Waals surface area contributed by atoms with Crippen LogP contribution in [0.2, 0.25) is 0 Å². The summed E-state index contributed by atoms with van der Waals surface area (Å²) in [5.74, 6) is -5.26. The van der Waals surface area contributed by atoms with E-state index in [4.69, 9.17) is 15.9 Å². The van der Waals surface area contributed by atoms with E-state index in [1.807, 2.05) is 0 Å². The molecule has 0 heterocycles. The molecule has 0 aliphatic heterocycles. The van der Waals surface area contributed by atoms with Crippen molar-refractivity contribution in [2.45, 2.75) is 31.5 Å². The van der Waals surface area contributed by atoms with Gasteiger partial charge in [0.05, 0.1) is 6.42 Å². The molecule has 136 valence electrons. The monoisotopic (exact) mass is 364 g/mol. The molecule has 3 amide bonds. The Morgan fingerprint density at radius 2 is 1.58 bits per heavy atom. The number of rotatable bonds is 10. The van der Waals surface area contributed by atoms with E-state index >= 15 is 0 Å². The molecular formula is C12H20N4O7S. The van der Waals surface area contributed by atoms with Gasteiger partial charge in [0.1, 0.15) is 18.1 Å². The molecule has 0 bridgehead atoms. The minimum Gasteiger partial charge on any atom is -0.481 e. The molecule has 24 heavy (non-hydrogen) atoms. The van der Waals surface area contributed by atoms with Gasteiger partial charge in [-0.15, -0.1) is 0 Å². The fourth-order valence-corrected chi connectivity index (χ4v) is 1.71. The Labute approximate surface area is 142 Å². The zero-order valence-corrected chi connectivity index (χ0v) is 13.7. The highest BCUT2D eigenvalue weighted by atomic mass is 32.1. The van der Waals surface area contributed by atoms with E-state index < -0.39 is 54.2 Å². The van der Waals surface area contributed by atoms with Gasteiger partial charge in [-0.2, -0.15) is 12.6 Å². The third-order valence-corrected chi connectivity index (χ3v) is 3.08. The average molecular weight is 364 g/mol. The predicted octanol–water partition coefficient (Wildman–Crippen LogP) is -3.09. The van der Waals surface area contributed by atoms with Gasteiger partial charge in [0, 0.05) is 19.2 Å².